The first-order valence-electron chi connectivity index (χ1n) is 8.78. The summed E-state index contributed by atoms with van der Waals surface area (Å²) in [6.07, 6.45) is 1.42. The predicted octanol–water partition coefficient (Wildman–Crippen LogP) is 4.60. The monoisotopic (exact) mass is 369 g/mol. The zero-order valence-electron chi connectivity index (χ0n) is 14.5. The van der Waals surface area contributed by atoms with Crippen LogP contribution >= 0.6 is 11.3 Å². The first-order valence-corrected chi connectivity index (χ1v) is 9.60. The van der Waals surface area contributed by atoms with Gasteiger partial charge in [-0.3, -0.25) is 4.79 Å². The third-order valence-corrected chi connectivity index (χ3v) is 5.85. The van der Waals surface area contributed by atoms with Crippen LogP contribution in [0.15, 0.2) is 42.5 Å². The molecule has 1 amide bonds. The molecule has 4 nitrogen and oxygen atoms in total. The first kappa shape index (κ1) is 17.0. The van der Waals surface area contributed by atoms with Gasteiger partial charge < -0.3 is 10.2 Å². The number of aromatic nitrogens is 1. The lowest BCUT2D eigenvalue weighted by molar-refractivity contribution is -0.120. The van der Waals surface area contributed by atoms with Gasteiger partial charge in [0.25, 0.3) is 0 Å². The molecule has 0 spiro atoms. The Kier molecular flexibility index (Phi) is 4.59. The summed E-state index contributed by atoms with van der Waals surface area (Å²) in [5, 5.41) is 3.62. The van der Waals surface area contributed by atoms with Gasteiger partial charge in [-0.25, -0.2) is 9.37 Å². The van der Waals surface area contributed by atoms with E-state index in [0.29, 0.717) is 36.8 Å². The van der Waals surface area contributed by atoms with Crippen LogP contribution in [-0.4, -0.2) is 24.0 Å². The van der Waals surface area contributed by atoms with Crippen LogP contribution in [0.3, 0.4) is 0 Å². The van der Waals surface area contributed by atoms with E-state index in [0.717, 1.165) is 15.8 Å². The van der Waals surface area contributed by atoms with Crippen molar-refractivity contribution >= 4 is 38.3 Å². The van der Waals surface area contributed by atoms with E-state index in [9.17, 15) is 9.18 Å². The number of carbonyl (C=O) groups excluding carboxylic acids is 1. The van der Waals surface area contributed by atoms with Gasteiger partial charge in [0.1, 0.15) is 5.82 Å². The second-order valence-electron chi connectivity index (χ2n) is 6.64. The third-order valence-electron chi connectivity index (χ3n) is 4.91. The standard InChI is InChI=1S/C20H20FN3OS/c1-13-5-4-8-17-18(13)22-20(26-17)23-19(25)14-9-11-24(12-10-14)16-7-3-2-6-15(16)21/h2-8,14H,9-12H2,1H3,(H,22,23,25). The molecule has 6 heteroatoms. The Morgan fingerprint density at radius 1 is 1.19 bits per heavy atom. The highest BCUT2D eigenvalue weighted by Gasteiger charge is 2.26. The number of nitrogens with one attached hydrogen (secondary N) is 1. The lowest BCUT2D eigenvalue weighted by atomic mass is 9.95. The SMILES string of the molecule is Cc1cccc2sc(NC(=O)C3CCN(c4ccccc4F)CC3)nc12. The highest BCUT2D eigenvalue weighted by Crippen LogP contribution is 2.30. The molecule has 1 N–H and O–H groups in total. The van der Waals surface area contributed by atoms with Gasteiger partial charge in [-0.05, 0) is 43.5 Å². The zero-order chi connectivity index (χ0) is 18.1. The molecule has 1 fully saturated rings. The number of anilines is 2. The number of para-hydroxylation sites is 2. The molecule has 0 atom stereocenters. The maximum atomic E-state index is 13.9. The maximum absolute atomic E-state index is 13.9. The van der Waals surface area contributed by atoms with Gasteiger partial charge in [0.15, 0.2) is 5.13 Å². The first-order chi connectivity index (χ1) is 12.6. The Morgan fingerprint density at radius 3 is 2.69 bits per heavy atom. The second kappa shape index (κ2) is 7.03. The molecular formula is C20H20FN3OS. The summed E-state index contributed by atoms with van der Waals surface area (Å²) in [6, 6.07) is 12.8. The number of amides is 1. The van der Waals surface area contributed by atoms with Crippen molar-refractivity contribution in [1.29, 1.82) is 0 Å². The third kappa shape index (κ3) is 3.29. The molecule has 1 aliphatic heterocycles. The van der Waals surface area contributed by atoms with Crippen LogP contribution in [0.25, 0.3) is 10.2 Å². The van der Waals surface area contributed by atoms with E-state index < -0.39 is 0 Å². The molecule has 134 valence electrons. The lowest BCUT2D eigenvalue weighted by Gasteiger charge is -2.33. The van der Waals surface area contributed by atoms with Crippen molar-refractivity contribution < 1.29 is 9.18 Å². The minimum absolute atomic E-state index is 0.00916. The van der Waals surface area contributed by atoms with Gasteiger partial charge in [-0.2, -0.15) is 0 Å². The molecule has 0 saturated carbocycles. The Hall–Kier alpha value is -2.47. The van der Waals surface area contributed by atoms with E-state index in [1.54, 1.807) is 12.1 Å². The Bertz CT molecular complexity index is 947. The molecule has 2 aromatic carbocycles. The Balaban J connectivity index is 1.40. The van der Waals surface area contributed by atoms with Crippen LogP contribution in [0.2, 0.25) is 0 Å². The molecule has 1 aliphatic rings. The average molecular weight is 369 g/mol. The van der Waals surface area contributed by atoms with Crippen molar-refractivity contribution in [2.75, 3.05) is 23.3 Å². The number of hydrogen-bond donors (Lipinski definition) is 1. The van der Waals surface area contributed by atoms with Crippen molar-refractivity contribution in [2.45, 2.75) is 19.8 Å². The van der Waals surface area contributed by atoms with Crippen LogP contribution < -0.4 is 10.2 Å². The summed E-state index contributed by atoms with van der Waals surface area (Å²) >= 11 is 1.50. The predicted molar refractivity (Wildman–Crippen MR) is 104 cm³/mol. The van der Waals surface area contributed by atoms with E-state index in [2.05, 4.69) is 10.3 Å². The van der Waals surface area contributed by atoms with Crippen LogP contribution in [0, 0.1) is 18.7 Å². The number of nitrogens with zero attached hydrogens (tertiary/aromatic N) is 2. The van der Waals surface area contributed by atoms with Crippen LogP contribution in [0.4, 0.5) is 15.2 Å². The van der Waals surface area contributed by atoms with Gasteiger partial charge in [0, 0.05) is 19.0 Å². The molecule has 0 unspecified atom stereocenters. The highest BCUT2D eigenvalue weighted by molar-refractivity contribution is 7.22. The molecule has 0 radical (unpaired) electrons. The quantitative estimate of drug-likeness (QED) is 0.734. The largest absolute Gasteiger partial charge is 0.369 e. The zero-order valence-corrected chi connectivity index (χ0v) is 15.4. The van der Waals surface area contributed by atoms with E-state index in [-0.39, 0.29) is 17.6 Å². The van der Waals surface area contributed by atoms with Crippen molar-refractivity contribution in [2.24, 2.45) is 5.92 Å². The number of fused-ring (bicyclic) bond motifs is 1. The van der Waals surface area contributed by atoms with Crippen LogP contribution in [0.1, 0.15) is 18.4 Å². The molecule has 26 heavy (non-hydrogen) atoms. The molecule has 4 rings (SSSR count). The Labute approximate surface area is 155 Å². The number of aryl methyl sites for hydroxylation is 1. The van der Waals surface area contributed by atoms with Gasteiger partial charge in [0.2, 0.25) is 5.91 Å². The fourth-order valence-electron chi connectivity index (χ4n) is 3.44. The number of rotatable bonds is 3. The maximum Gasteiger partial charge on any atom is 0.229 e. The fourth-order valence-corrected chi connectivity index (χ4v) is 4.38. The number of benzene rings is 2. The minimum Gasteiger partial charge on any atom is -0.369 e. The summed E-state index contributed by atoms with van der Waals surface area (Å²) in [7, 11) is 0. The highest BCUT2D eigenvalue weighted by atomic mass is 32.1. The van der Waals surface area contributed by atoms with Gasteiger partial charge in [-0.1, -0.05) is 35.6 Å². The van der Waals surface area contributed by atoms with Crippen molar-refractivity contribution in [3.8, 4) is 0 Å². The van der Waals surface area contributed by atoms with Crippen molar-refractivity contribution in [3.05, 3.63) is 53.8 Å². The average Bonchev–Trinajstić information content (AvgIpc) is 3.06. The molecule has 0 aliphatic carbocycles. The number of hydrogen-bond acceptors (Lipinski definition) is 4. The van der Waals surface area contributed by atoms with Crippen LogP contribution in [-0.2, 0) is 4.79 Å². The minimum atomic E-state index is -0.208. The number of carbonyl (C=O) groups is 1. The van der Waals surface area contributed by atoms with Gasteiger partial charge >= 0.3 is 0 Å². The van der Waals surface area contributed by atoms with E-state index in [4.69, 9.17) is 0 Å². The summed E-state index contributed by atoms with van der Waals surface area (Å²) in [5.41, 5.74) is 2.67. The summed E-state index contributed by atoms with van der Waals surface area (Å²) in [4.78, 5) is 19.2. The topological polar surface area (TPSA) is 45.2 Å². The summed E-state index contributed by atoms with van der Waals surface area (Å²) < 4.78 is 15.0. The molecule has 3 aromatic rings. The number of halogens is 1. The van der Waals surface area contributed by atoms with Crippen molar-refractivity contribution in [3.63, 3.8) is 0 Å². The molecule has 0 bridgehead atoms. The van der Waals surface area contributed by atoms with E-state index in [1.165, 1.54) is 17.4 Å². The van der Waals surface area contributed by atoms with Gasteiger partial charge in [-0.15, -0.1) is 0 Å². The molecular weight excluding hydrogens is 349 g/mol. The number of piperidine rings is 1. The van der Waals surface area contributed by atoms with Gasteiger partial charge in [0.05, 0.1) is 15.9 Å². The lowest BCUT2D eigenvalue weighted by Crippen LogP contribution is -2.38. The van der Waals surface area contributed by atoms with Crippen molar-refractivity contribution in [1.82, 2.24) is 4.98 Å². The second-order valence-corrected chi connectivity index (χ2v) is 7.67. The number of thiazole rings is 1. The van der Waals surface area contributed by atoms with E-state index in [1.807, 2.05) is 36.1 Å². The molecule has 1 saturated heterocycles. The van der Waals surface area contributed by atoms with Crippen LogP contribution in [0.5, 0.6) is 0 Å². The molecule has 1 aromatic heterocycles. The smallest absolute Gasteiger partial charge is 0.229 e. The fraction of sp³-hybridized carbons (Fsp3) is 0.300. The van der Waals surface area contributed by atoms with E-state index >= 15 is 0 Å². The Morgan fingerprint density at radius 2 is 1.96 bits per heavy atom. The summed E-state index contributed by atoms with van der Waals surface area (Å²) in [6.45, 7) is 3.38. The molecule has 2 heterocycles. The normalized spacial score (nSPS) is 15.4. The summed E-state index contributed by atoms with van der Waals surface area (Å²) in [5.74, 6) is -0.263.